The lowest BCUT2D eigenvalue weighted by Crippen LogP contribution is -2.35. The Morgan fingerprint density at radius 3 is 2.58 bits per heavy atom. The van der Waals surface area contributed by atoms with Gasteiger partial charge in [-0.25, -0.2) is 0 Å². The van der Waals surface area contributed by atoms with E-state index in [4.69, 9.17) is 17.3 Å². The van der Waals surface area contributed by atoms with Gasteiger partial charge in [-0.2, -0.15) is 0 Å². The number of thiophene rings is 1. The molecule has 0 aliphatic heterocycles. The van der Waals surface area contributed by atoms with Crippen LogP contribution in [0.5, 0.6) is 0 Å². The molecule has 2 unspecified atom stereocenters. The summed E-state index contributed by atoms with van der Waals surface area (Å²) in [4.78, 5) is 13.0. The molecule has 3 N–H and O–H groups in total. The highest BCUT2D eigenvalue weighted by Gasteiger charge is 2.19. The summed E-state index contributed by atoms with van der Waals surface area (Å²) in [6.45, 7) is 8.33. The van der Waals surface area contributed by atoms with Crippen LogP contribution in [-0.4, -0.2) is 11.9 Å². The molecule has 108 valence electrons. The van der Waals surface area contributed by atoms with Crippen LogP contribution in [0, 0.1) is 5.41 Å². The average molecular weight is 303 g/mol. The number of carbonyl (C=O) groups excluding carboxylic acids is 1. The standard InChI is InChI=1S/C14H23ClN2OS/c1-9(11-5-6-12(15)19-11)17-13(18)7-10(16)8-14(2,3)4/h5-6,9-10H,7-8,16H2,1-4H3,(H,17,18). The molecule has 0 spiro atoms. The Balaban J connectivity index is 2.43. The number of hydrogen-bond donors (Lipinski definition) is 2. The highest BCUT2D eigenvalue weighted by molar-refractivity contribution is 7.16. The first-order chi connectivity index (χ1) is 8.67. The molecular formula is C14H23ClN2OS. The molecule has 1 aromatic heterocycles. The Morgan fingerprint density at radius 2 is 2.11 bits per heavy atom. The van der Waals surface area contributed by atoms with Gasteiger partial charge in [-0.15, -0.1) is 11.3 Å². The van der Waals surface area contributed by atoms with Crippen molar-refractivity contribution >= 4 is 28.8 Å². The predicted octanol–water partition coefficient (Wildman–Crippen LogP) is 3.73. The molecule has 0 bridgehead atoms. The second-order valence-electron chi connectivity index (χ2n) is 6.16. The number of amides is 1. The van der Waals surface area contributed by atoms with Crippen LogP contribution in [-0.2, 0) is 4.79 Å². The third kappa shape index (κ3) is 6.41. The third-order valence-electron chi connectivity index (χ3n) is 2.72. The van der Waals surface area contributed by atoms with E-state index in [2.05, 4.69) is 26.1 Å². The zero-order valence-electron chi connectivity index (χ0n) is 12.0. The zero-order valence-corrected chi connectivity index (χ0v) is 13.6. The monoisotopic (exact) mass is 302 g/mol. The van der Waals surface area contributed by atoms with E-state index in [1.54, 1.807) is 0 Å². The van der Waals surface area contributed by atoms with Crippen molar-refractivity contribution in [3.63, 3.8) is 0 Å². The summed E-state index contributed by atoms with van der Waals surface area (Å²) < 4.78 is 0.737. The van der Waals surface area contributed by atoms with Crippen molar-refractivity contribution in [2.75, 3.05) is 0 Å². The van der Waals surface area contributed by atoms with Gasteiger partial charge in [0.25, 0.3) is 0 Å². The lowest BCUT2D eigenvalue weighted by atomic mass is 9.87. The molecule has 5 heteroatoms. The summed E-state index contributed by atoms with van der Waals surface area (Å²) in [7, 11) is 0. The first-order valence-electron chi connectivity index (χ1n) is 6.47. The van der Waals surface area contributed by atoms with Crippen molar-refractivity contribution in [3.05, 3.63) is 21.3 Å². The molecule has 1 amide bonds. The van der Waals surface area contributed by atoms with Gasteiger partial charge in [0.05, 0.1) is 10.4 Å². The Labute approximate surface area is 124 Å². The quantitative estimate of drug-likeness (QED) is 0.870. The second-order valence-corrected chi connectivity index (χ2v) is 7.91. The molecule has 0 aliphatic rings. The molecule has 19 heavy (non-hydrogen) atoms. The molecule has 1 heterocycles. The van der Waals surface area contributed by atoms with Gasteiger partial charge in [0.15, 0.2) is 0 Å². The summed E-state index contributed by atoms with van der Waals surface area (Å²) in [5.41, 5.74) is 6.15. The molecule has 0 saturated carbocycles. The molecule has 0 aromatic carbocycles. The van der Waals surface area contributed by atoms with Gasteiger partial charge in [0.2, 0.25) is 5.91 Å². The number of rotatable bonds is 5. The van der Waals surface area contributed by atoms with Gasteiger partial charge in [-0.3, -0.25) is 4.79 Å². The van der Waals surface area contributed by atoms with E-state index in [1.165, 1.54) is 11.3 Å². The number of nitrogens with one attached hydrogen (secondary N) is 1. The van der Waals surface area contributed by atoms with E-state index in [-0.39, 0.29) is 23.4 Å². The third-order valence-corrected chi connectivity index (χ3v) is 4.13. The van der Waals surface area contributed by atoms with Crippen LogP contribution in [0.25, 0.3) is 0 Å². The topological polar surface area (TPSA) is 55.1 Å². The molecule has 0 fully saturated rings. The molecular weight excluding hydrogens is 280 g/mol. The minimum absolute atomic E-state index is 0.00577. The first-order valence-corrected chi connectivity index (χ1v) is 7.67. The highest BCUT2D eigenvalue weighted by Crippen LogP contribution is 2.27. The van der Waals surface area contributed by atoms with Crippen molar-refractivity contribution in [1.29, 1.82) is 0 Å². The molecule has 0 radical (unpaired) electrons. The average Bonchev–Trinajstić information content (AvgIpc) is 2.61. The SMILES string of the molecule is CC(NC(=O)CC(N)CC(C)(C)C)c1ccc(Cl)s1. The fraction of sp³-hybridized carbons (Fsp3) is 0.643. The second kappa shape index (κ2) is 6.73. The molecule has 1 aromatic rings. The highest BCUT2D eigenvalue weighted by atomic mass is 35.5. The molecule has 2 atom stereocenters. The van der Waals surface area contributed by atoms with Gasteiger partial charge < -0.3 is 11.1 Å². The number of halogens is 1. The van der Waals surface area contributed by atoms with Crippen LogP contribution >= 0.6 is 22.9 Å². The Kier molecular flexibility index (Phi) is 5.83. The largest absolute Gasteiger partial charge is 0.349 e. The van der Waals surface area contributed by atoms with E-state index < -0.39 is 0 Å². The van der Waals surface area contributed by atoms with Crippen molar-refractivity contribution in [3.8, 4) is 0 Å². The fourth-order valence-corrected chi connectivity index (χ4v) is 3.09. The van der Waals surface area contributed by atoms with Crippen molar-refractivity contribution in [1.82, 2.24) is 5.32 Å². The maximum Gasteiger partial charge on any atom is 0.222 e. The van der Waals surface area contributed by atoms with Gasteiger partial charge in [0, 0.05) is 17.3 Å². The van der Waals surface area contributed by atoms with Crippen molar-refractivity contribution in [2.45, 2.75) is 52.6 Å². The molecule has 1 rings (SSSR count). The van der Waals surface area contributed by atoms with E-state index in [0.717, 1.165) is 15.6 Å². The molecule has 3 nitrogen and oxygen atoms in total. The maximum absolute atomic E-state index is 11.9. The van der Waals surface area contributed by atoms with Gasteiger partial charge >= 0.3 is 0 Å². The smallest absolute Gasteiger partial charge is 0.222 e. The van der Waals surface area contributed by atoms with E-state index in [9.17, 15) is 4.79 Å². The van der Waals surface area contributed by atoms with Crippen LogP contribution in [0.3, 0.4) is 0 Å². The minimum atomic E-state index is -0.0980. The fourth-order valence-electron chi connectivity index (χ4n) is 2.03. The van der Waals surface area contributed by atoms with Crippen LogP contribution in [0.4, 0.5) is 0 Å². The summed E-state index contributed by atoms with van der Waals surface area (Å²) in [6, 6.07) is 3.66. The van der Waals surface area contributed by atoms with Crippen LogP contribution in [0.1, 0.15) is 51.5 Å². The van der Waals surface area contributed by atoms with E-state index in [0.29, 0.717) is 6.42 Å². The Bertz CT molecular complexity index is 425. The predicted molar refractivity (Wildman–Crippen MR) is 82.6 cm³/mol. The summed E-state index contributed by atoms with van der Waals surface area (Å²) >= 11 is 7.37. The van der Waals surface area contributed by atoms with Crippen molar-refractivity contribution < 1.29 is 4.79 Å². The lowest BCUT2D eigenvalue weighted by Gasteiger charge is -2.23. The Hall–Kier alpha value is -0.580. The van der Waals surface area contributed by atoms with Gasteiger partial charge in [-0.05, 0) is 30.9 Å². The number of carbonyl (C=O) groups is 1. The number of hydrogen-bond acceptors (Lipinski definition) is 3. The zero-order chi connectivity index (χ0) is 14.6. The van der Waals surface area contributed by atoms with Crippen LogP contribution in [0.15, 0.2) is 12.1 Å². The van der Waals surface area contributed by atoms with Gasteiger partial charge in [-0.1, -0.05) is 32.4 Å². The molecule has 0 aliphatic carbocycles. The van der Waals surface area contributed by atoms with Crippen molar-refractivity contribution in [2.24, 2.45) is 11.1 Å². The molecule has 0 saturated heterocycles. The van der Waals surface area contributed by atoms with Crippen LogP contribution < -0.4 is 11.1 Å². The maximum atomic E-state index is 11.9. The minimum Gasteiger partial charge on any atom is -0.349 e. The Morgan fingerprint density at radius 1 is 1.47 bits per heavy atom. The normalized spacial score (nSPS) is 15.1. The number of nitrogens with two attached hydrogens (primary N) is 1. The van der Waals surface area contributed by atoms with E-state index >= 15 is 0 Å². The summed E-state index contributed by atoms with van der Waals surface area (Å²) in [5, 5.41) is 2.96. The summed E-state index contributed by atoms with van der Waals surface area (Å²) in [6.07, 6.45) is 1.19. The van der Waals surface area contributed by atoms with E-state index in [1.807, 2.05) is 19.1 Å². The van der Waals surface area contributed by atoms with Gasteiger partial charge in [0.1, 0.15) is 0 Å². The summed E-state index contributed by atoms with van der Waals surface area (Å²) in [5.74, 6) is -0.00577. The lowest BCUT2D eigenvalue weighted by molar-refractivity contribution is -0.122. The van der Waals surface area contributed by atoms with Crippen LogP contribution in [0.2, 0.25) is 4.34 Å². The first kappa shape index (κ1) is 16.5.